The number of carboxylic acids is 1. The maximum absolute atomic E-state index is 11.5. The fourth-order valence-corrected chi connectivity index (χ4v) is 3.13. The molecule has 0 aliphatic carbocycles. The van der Waals surface area contributed by atoms with E-state index in [1.807, 2.05) is 33.8 Å². The van der Waals surface area contributed by atoms with E-state index in [0.717, 1.165) is 11.0 Å². The molecule has 1 N–H and O–H groups in total. The van der Waals surface area contributed by atoms with Crippen molar-refractivity contribution < 1.29 is 28.7 Å². The Kier molecular flexibility index (Phi) is 6.45. The number of carbonyl (C=O) groups is 2. The first-order valence-corrected chi connectivity index (χ1v) is 9.56. The summed E-state index contributed by atoms with van der Waals surface area (Å²) in [5, 5.41) is 9.22. The number of methoxy groups -OCH3 is 1. The quantitative estimate of drug-likeness (QED) is 0.740. The van der Waals surface area contributed by atoms with Crippen molar-refractivity contribution in [3.05, 3.63) is 34.8 Å². The number of carbonyl (C=O) groups excluding carboxylic acids is 1. The first-order valence-electron chi connectivity index (χ1n) is 8.57. The number of aromatic carboxylic acids is 1. The summed E-state index contributed by atoms with van der Waals surface area (Å²) in [4.78, 5) is 22.7. The van der Waals surface area contributed by atoms with E-state index < -0.39 is 24.3 Å². The molecule has 1 heterocycles. The van der Waals surface area contributed by atoms with E-state index in [1.165, 1.54) is 31.9 Å². The third-order valence-corrected chi connectivity index (χ3v) is 5.69. The maximum Gasteiger partial charge on any atom is 0.491 e. The lowest BCUT2D eigenvalue weighted by Crippen LogP contribution is -2.41. The minimum absolute atomic E-state index is 0.00350. The molecule has 1 aliphatic heterocycles. The van der Waals surface area contributed by atoms with Crippen molar-refractivity contribution in [1.82, 2.24) is 0 Å². The topological polar surface area (TPSA) is 82.1 Å². The van der Waals surface area contributed by atoms with Crippen LogP contribution >= 0.6 is 11.8 Å². The number of ether oxygens (including phenoxy) is 1. The van der Waals surface area contributed by atoms with Gasteiger partial charge in [-0.3, -0.25) is 4.79 Å². The molecule has 1 fully saturated rings. The fourth-order valence-electron chi connectivity index (χ4n) is 2.55. The second-order valence-corrected chi connectivity index (χ2v) is 8.50. The van der Waals surface area contributed by atoms with E-state index in [4.69, 9.17) is 14.0 Å². The number of rotatable bonds is 6. The molecule has 1 aliphatic rings. The highest BCUT2D eigenvalue weighted by Gasteiger charge is 2.52. The van der Waals surface area contributed by atoms with Gasteiger partial charge in [0.2, 0.25) is 0 Å². The highest BCUT2D eigenvalue weighted by molar-refractivity contribution is 8.13. The molecule has 1 saturated heterocycles. The van der Waals surface area contributed by atoms with Gasteiger partial charge in [-0.05, 0) is 50.9 Å². The van der Waals surface area contributed by atoms with Gasteiger partial charge in [0.25, 0.3) is 0 Å². The Labute approximate surface area is 164 Å². The van der Waals surface area contributed by atoms with E-state index in [2.05, 4.69) is 0 Å². The summed E-state index contributed by atoms with van der Waals surface area (Å²) in [5.74, 6) is -0.376. The Morgan fingerprint density at radius 3 is 2.30 bits per heavy atom. The van der Waals surface area contributed by atoms with Crippen LogP contribution in [0.3, 0.4) is 0 Å². The molecule has 8 heteroatoms. The molecule has 0 aromatic heterocycles. The zero-order valence-electron chi connectivity index (χ0n) is 16.5. The second kappa shape index (κ2) is 8.08. The smallest absolute Gasteiger partial charge is 0.491 e. The van der Waals surface area contributed by atoms with Crippen molar-refractivity contribution in [1.29, 1.82) is 0 Å². The van der Waals surface area contributed by atoms with Crippen LogP contribution in [0.25, 0.3) is 6.08 Å². The molecule has 0 bridgehead atoms. The summed E-state index contributed by atoms with van der Waals surface area (Å²) in [7, 11) is 0.836. The second-order valence-electron chi connectivity index (χ2n) is 7.35. The molecule has 0 radical (unpaired) electrons. The minimum Gasteiger partial charge on any atom is -0.496 e. The van der Waals surface area contributed by atoms with E-state index in [1.54, 1.807) is 12.1 Å². The molecule has 27 heavy (non-hydrogen) atoms. The largest absolute Gasteiger partial charge is 0.496 e. The molecule has 0 unspecified atom stereocenters. The molecule has 0 atom stereocenters. The van der Waals surface area contributed by atoms with Crippen LogP contribution in [0.4, 0.5) is 0 Å². The SMILES string of the molecule is COc1cc(C=C(CSC(C)=O)B2OC(C)(C)C(C)(C)O2)ccc1C(=O)O. The van der Waals surface area contributed by atoms with Crippen molar-refractivity contribution in [2.24, 2.45) is 0 Å². The predicted octanol–water partition coefficient (Wildman–Crippen LogP) is 3.69. The molecule has 146 valence electrons. The Morgan fingerprint density at radius 2 is 1.81 bits per heavy atom. The molecule has 6 nitrogen and oxygen atoms in total. The van der Waals surface area contributed by atoms with Gasteiger partial charge in [-0.2, -0.15) is 0 Å². The van der Waals surface area contributed by atoms with Crippen LogP contribution in [0.1, 0.15) is 50.5 Å². The lowest BCUT2D eigenvalue weighted by molar-refractivity contribution is -0.109. The van der Waals surface area contributed by atoms with E-state index in [9.17, 15) is 14.7 Å². The molecule has 1 aromatic carbocycles. The zero-order valence-corrected chi connectivity index (χ0v) is 17.3. The Hall–Kier alpha value is -1.77. The first-order chi connectivity index (χ1) is 12.5. The van der Waals surface area contributed by atoms with Crippen molar-refractivity contribution in [3.63, 3.8) is 0 Å². The number of hydrogen-bond donors (Lipinski definition) is 1. The molecule has 1 aromatic rings. The minimum atomic E-state index is -1.05. The van der Waals surface area contributed by atoms with Crippen LogP contribution in [-0.2, 0) is 14.1 Å². The van der Waals surface area contributed by atoms with Gasteiger partial charge in [0.15, 0.2) is 5.12 Å². The number of carboxylic acid groups (broad SMARTS) is 1. The van der Waals surface area contributed by atoms with E-state index in [0.29, 0.717) is 5.75 Å². The standard InChI is InChI=1S/C19H25BO6S/c1-12(21)27-11-14(20-25-18(2,3)19(4,5)26-20)9-13-7-8-15(17(22)23)16(10-13)24-6/h7-10H,11H2,1-6H3,(H,22,23). The van der Waals surface area contributed by atoms with Crippen LogP contribution in [0.15, 0.2) is 23.7 Å². The number of benzene rings is 1. The number of hydrogen-bond acceptors (Lipinski definition) is 6. The first kappa shape index (κ1) is 21.5. The molecule has 0 saturated carbocycles. The highest BCUT2D eigenvalue weighted by atomic mass is 32.2. The zero-order chi connectivity index (χ0) is 20.4. The molecule has 2 rings (SSSR count). The molecule has 0 spiro atoms. The number of thioether (sulfide) groups is 1. The molecule has 0 amide bonds. The van der Waals surface area contributed by atoms with E-state index in [-0.39, 0.29) is 16.4 Å². The average molecular weight is 392 g/mol. The summed E-state index contributed by atoms with van der Waals surface area (Å²) >= 11 is 1.17. The van der Waals surface area contributed by atoms with Gasteiger partial charge in [-0.15, -0.1) is 0 Å². The normalized spacial score (nSPS) is 18.4. The van der Waals surface area contributed by atoms with Crippen LogP contribution < -0.4 is 4.74 Å². The summed E-state index contributed by atoms with van der Waals surface area (Å²) in [6, 6.07) is 4.83. The van der Waals surface area contributed by atoms with Gasteiger partial charge >= 0.3 is 13.1 Å². The van der Waals surface area contributed by atoms with Crippen LogP contribution in [0.5, 0.6) is 5.75 Å². The summed E-state index contributed by atoms with van der Waals surface area (Å²) in [6.07, 6.45) is 1.85. The average Bonchev–Trinajstić information content (AvgIpc) is 2.78. The van der Waals surface area contributed by atoms with Crippen molar-refractivity contribution in [3.8, 4) is 5.75 Å². The van der Waals surface area contributed by atoms with Crippen LogP contribution in [0, 0.1) is 0 Å². The summed E-state index contributed by atoms with van der Waals surface area (Å²) in [6.45, 7) is 9.37. The molecular weight excluding hydrogens is 367 g/mol. The lowest BCUT2D eigenvalue weighted by Gasteiger charge is -2.32. The van der Waals surface area contributed by atoms with Crippen molar-refractivity contribution in [2.45, 2.75) is 45.8 Å². The Morgan fingerprint density at radius 1 is 1.22 bits per heavy atom. The van der Waals surface area contributed by atoms with Crippen molar-refractivity contribution in [2.75, 3.05) is 12.9 Å². The van der Waals surface area contributed by atoms with Crippen LogP contribution in [0.2, 0.25) is 0 Å². The van der Waals surface area contributed by atoms with E-state index >= 15 is 0 Å². The monoisotopic (exact) mass is 392 g/mol. The summed E-state index contributed by atoms with van der Waals surface area (Å²) in [5.41, 5.74) is 0.625. The highest BCUT2D eigenvalue weighted by Crippen LogP contribution is 2.39. The van der Waals surface area contributed by atoms with Gasteiger partial charge < -0.3 is 19.2 Å². The third-order valence-electron chi connectivity index (χ3n) is 4.81. The Balaban J connectivity index is 2.40. The lowest BCUT2D eigenvalue weighted by atomic mass is 9.78. The van der Waals surface area contributed by atoms with Gasteiger partial charge in [0, 0.05) is 12.7 Å². The van der Waals surface area contributed by atoms with Crippen LogP contribution in [-0.4, -0.2) is 47.4 Å². The molecular formula is C19H25BO6S. The third kappa shape index (κ3) is 4.94. The predicted molar refractivity (Wildman–Crippen MR) is 107 cm³/mol. The van der Waals surface area contributed by atoms with Crippen molar-refractivity contribution >= 4 is 36.0 Å². The Bertz CT molecular complexity index is 755. The van der Waals surface area contributed by atoms with Gasteiger partial charge in [0.1, 0.15) is 11.3 Å². The van der Waals surface area contributed by atoms with Gasteiger partial charge in [0.05, 0.1) is 18.3 Å². The maximum atomic E-state index is 11.5. The van der Waals surface area contributed by atoms with Gasteiger partial charge in [-0.1, -0.05) is 23.9 Å². The fraction of sp³-hybridized carbons (Fsp3) is 0.474. The van der Waals surface area contributed by atoms with Gasteiger partial charge in [-0.25, -0.2) is 4.79 Å². The summed E-state index contributed by atoms with van der Waals surface area (Å²) < 4.78 is 17.4.